The number of nitrogens with zero attached hydrogens (tertiary/aromatic N) is 1. The van der Waals surface area contributed by atoms with Crippen molar-refractivity contribution in [3.63, 3.8) is 0 Å². The molecule has 0 spiro atoms. The van der Waals surface area contributed by atoms with Crippen molar-refractivity contribution >= 4 is 5.91 Å². The number of aliphatic hydroxyl groups is 1. The van der Waals surface area contributed by atoms with Crippen molar-refractivity contribution < 1.29 is 14.3 Å². The van der Waals surface area contributed by atoms with Gasteiger partial charge in [-0.25, -0.2) is 4.39 Å². The van der Waals surface area contributed by atoms with Crippen molar-refractivity contribution in [1.29, 1.82) is 0 Å². The SMILES string of the molecule is CN(C[C@@H]1N[C@H](CO)[C@@H]1c1ccc(-c2cccc(F)c2)cc1)C(=O)CC1CC1. The van der Waals surface area contributed by atoms with Gasteiger partial charge in [-0.1, -0.05) is 36.4 Å². The Morgan fingerprint density at radius 2 is 1.89 bits per heavy atom. The molecule has 3 atom stereocenters. The Hall–Kier alpha value is -2.24. The molecule has 0 bridgehead atoms. The van der Waals surface area contributed by atoms with Crippen molar-refractivity contribution in [2.45, 2.75) is 37.3 Å². The van der Waals surface area contributed by atoms with E-state index >= 15 is 0 Å². The average molecular weight is 382 g/mol. The monoisotopic (exact) mass is 382 g/mol. The summed E-state index contributed by atoms with van der Waals surface area (Å²) in [5.74, 6) is 0.699. The number of aliphatic hydroxyl groups excluding tert-OH is 1. The second-order valence-electron chi connectivity index (χ2n) is 8.14. The number of carbonyl (C=O) groups is 1. The van der Waals surface area contributed by atoms with Gasteiger partial charge in [0, 0.05) is 38.0 Å². The number of hydrogen-bond donors (Lipinski definition) is 2. The first-order valence-electron chi connectivity index (χ1n) is 10.0. The molecule has 2 N–H and O–H groups in total. The fraction of sp³-hybridized carbons (Fsp3) is 0.435. The quantitative estimate of drug-likeness (QED) is 0.773. The summed E-state index contributed by atoms with van der Waals surface area (Å²) in [7, 11) is 1.86. The van der Waals surface area contributed by atoms with E-state index in [2.05, 4.69) is 5.32 Å². The molecule has 4 rings (SSSR count). The van der Waals surface area contributed by atoms with E-state index in [0.717, 1.165) is 16.7 Å². The molecular weight excluding hydrogens is 355 g/mol. The fourth-order valence-electron chi connectivity index (χ4n) is 4.13. The number of hydrogen-bond acceptors (Lipinski definition) is 3. The van der Waals surface area contributed by atoms with Crippen LogP contribution in [0.1, 0.15) is 30.7 Å². The summed E-state index contributed by atoms with van der Waals surface area (Å²) in [6.45, 7) is 0.699. The van der Waals surface area contributed by atoms with Crippen LogP contribution in [0.5, 0.6) is 0 Å². The van der Waals surface area contributed by atoms with E-state index in [1.165, 1.54) is 25.0 Å². The van der Waals surface area contributed by atoms with Gasteiger partial charge in [-0.05, 0) is 47.6 Å². The lowest BCUT2D eigenvalue weighted by Gasteiger charge is -2.47. The van der Waals surface area contributed by atoms with E-state index in [4.69, 9.17) is 0 Å². The molecule has 0 unspecified atom stereocenters. The summed E-state index contributed by atoms with van der Waals surface area (Å²) in [4.78, 5) is 14.1. The largest absolute Gasteiger partial charge is 0.395 e. The molecule has 2 aliphatic rings. The third-order valence-electron chi connectivity index (χ3n) is 6.00. The highest BCUT2D eigenvalue weighted by molar-refractivity contribution is 5.76. The van der Waals surface area contributed by atoms with Crippen LogP contribution in [0.2, 0.25) is 0 Å². The van der Waals surface area contributed by atoms with Crippen LogP contribution >= 0.6 is 0 Å². The van der Waals surface area contributed by atoms with Crippen LogP contribution in [0, 0.1) is 11.7 Å². The van der Waals surface area contributed by atoms with Crippen molar-refractivity contribution in [2.24, 2.45) is 5.92 Å². The van der Waals surface area contributed by atoms with Crippen molar-refractivity contribution in [1.82, 2.24) is 10.2 Å². The minimum absolute atomic E-state index is 0.00282. The minimum Gasteiger partial charge on any atom is -0.395 e. The van der Waals surface area contributed by atoms with Crippen LogP contribution in [-0.4, -0.2) is 48.2 Å². The molecule has 0 aromatic heterocycles. The van der Waals surface area contributed by atoms with Crippen LogP contribution in [-0.2, 0) is 4.79 Å². The van der Waals surface area contributed by atoms with Crippen molar-refractivity contribution in [3.8, 4) is 11.1 Å². The molecular formula is C23H27FN2O2. The molecule has 1 heterocycles. The van der Waals surface area contributed by atoms with Crippen molar-refractivity contribution in [2.75, 3.05) is 20.2 Å². The number of amides is 1. The second-order valence-corrected chi connectivity index (χ2v) is 8.14. The molecule has 4 nitrogen and oxygen atoms in total. The van der Waals surface area contributed by atoms with Crippen LogP contribution < -0.4 is 5.32 Å². The van der Waals surface area contributed by atoms with E-state index in [1.807, 2.05) is 42.3 Å². The lowest BCUT2D eigenvalue weighted by Crippen LogP contribution is -2.64. The summed E-state index contributed by atoms with van der Waals surface area (Å²) < 4.78 is 13.5. The third-order valence-corrected chi connectivity index (χ3v) is 6.00. The highest BCUT2D eigenvalue weighted by atomic mass is 19.1. The molecule has 1 amide bonds. The van der Waals surface area contributed by atoms with Gasteiger partial charge in [0.1, 0.15) is 5.82 Å². The lowest BCUT2D eigenvalue weighted by molar-refractivity contribution is -0.131. The normalized spacial score (nSPS) is 23.9. The fourth-order valence-corrected chi connectivity index (χ4v) is 4.13. The summed E-state index contributed by atoms with van der Waals surface area (Å²) in [6.07, 6.45) is 3.00. The molecule has 5 heteroatoms. The Kier molecular flexibility index (Phi) is 5.47. The molecule has 28 heavy (non-hydrogen) atoms. The van der Waals surface area contributed by atoms with E-state index in [9.17, 15) is 14.3 Å². The first-order valence-corrected chi connectivity index (χ1v) is 10.0. The summed E-state index contributed by atoms with van der Waals surface area (Å²) in [5, 5.41) is 13.1. The Bertz CT molecular complexity index is 835. The van der Waals surface area contributed by atoms with Gasteiger partial charge < -0.3 is 15.3 Å². The maximum absolute atomic E-state index is 13.5. The molecule has 2 fully saturated rings. The van der Waals surface area contributed by atoms with Gasteiger partial charge in [-0.3, -0.25) is 4.79 Å². The molecule has 0 radical (unpaired) electrons. The lowest BCUT2D eigenvalue weighted by atomic mass is 9.77. The van der Waals surface area contributed by atoms with E-state index in [0.29, 0.717) is 18.9 Å². The van der Waals surface area contributed by atoms with Gasteiger partial charge in [-0.2, -0.15) is 0 Å². The highest BCUT2D eigenvalue weighted by Gasteiger charge is 2.42. The second kappa shape index (κ2) is 8.02. The topological polar surface area (TPSA) is 52.6 Å². The minimum atomic E-state index is -0.246. The maximum Gasteiger partial charge on any atom is 0.222 e. The zero-order valence-electron chi connectivity index (χ0n) is 16.1. The molecule has 2 aromatic rings. The summed E-state index contributed by atoms with van der Waals surface area (Å²) >= 11 is 0. The van der Waals surface area contributed by atoms with Gasteiger partial charge in [0.25, 0.3) is 0 Å². The molecule has 1 aliphatic heterocycles. The Morgan fingerprint density at radius 3 is 2.54 bits per heavy atom. The van der Waals surface area contributed by atoms with E-state index in [1.54, 1.807) is 6.07 Å². The van der Waals surface area contributed by atoms with Gasteiger partial charge in [0.05, 0.1) is 6.61 Å². The van der Waals surface area contributed by atoms with E-state index < -0.39 is 0 Å². The number of halogens is 1. The number of benzene rings is 2. The number of carbonyl (C=O) groups excluding carboxylic acids is 1. The van der Waals surface area contributed by atoms with Gasteiger partial charge in [-0.15, -0.1) is 0 Å². The zero-order chi connectivity index (χ0) is 19.7. The Morgan fingerprint density at radius 1 is 1.14 bits per heavy atom. The molecule has 1 saturated heterocycles. The molecule has 1 aliphatic carbocycles. The van der Waals surface area contributed by atoms with Crippen LogP contribution in [0.3, 0.4) is 0 Å². The Balaban J connectivity index is 1.45. The molecule has 1 saturated carbocycles. The maximum atomic E-state index is 13.5. The van der Waals surface area contributed by atoms with Crippen LogP contribution in [0.15, 0.2) is 48.5 Å². The summed E-state index contributed by atoms with van der Waals surface area (Å²) in [5.41, 5.74) is 2.94. The Labute approximate surface area is 165 Å². The number of nitrogens with one attached hydrogen (secondary N) is 1. The van der Waals surface area contributed by atoms with E-state index in [-0.39, 0.29) is 36.3 Å². The van der Waals surface area contributed by atoms with Gasteiger partial charge in [0.2, 0.25) is 5.91 Å². The van der Waals surface area contributed by atoms with Gasteiger partial charge >= 0.3 is 0 Å². The predicted octanol–water partition coefficient (Wildman–Crippen LogP) is 3.17. The van der Waals surface area contributed by atoms with Crippen molar-refractivity contribution in [3.05, 3.63) is 59.9 Å². The smallest absolute Gasteiger partial charge is 0.222 e. The molecule has 2 aromatic carbocycles. The van der Waals surface area contributed by atoms with Crippen LogP contribution in [0.4, 0.5) is 4.39 Å². The number of rotatable bonds is 7. The predicted molar refractivity (Wildman–Crippen MR) is 107 cm³/mol. The number of likely N-dealkylation sites (N-methyl/N-ethyl adjacent to an activating group) is 1. The van der Waals surface area contributed by atoms with Gasteiger partial charge in [0.15, 0.2) is 0 Å². The third kappa shape index (κ3) is 4.10. The highest BCUT2D eigenvalue weighted by Crippen LogP contribution is 2.35. The molecule has 148 valence electrons. The summed E-state index contributed by atoms with van der Waals surface area (Å²) in [6, 6.07) is 14.8. The standard InChI is InChI=1S/C23H27FN2O2/c1-26(22(28)11-15-5-6-15)13-20-23(21(14-27)25-20)17-9-7-16(8-10-17)18-3-2-4-19(24)12-18/h2-4,7-10,12,15,20-21,23,25,27H,5-6,11,13-14H2,1H3/t20-,21+,23+/m0/s1. The first kappa shape index (κ1) is 19.1. The first-order chi connectivity index (χ1) is 13.5. The zero-order valence-corrected chi connectivity index (χ0v) is 16.1. The average Bonchev–Trinajstić information content (AvgIpc) is 3.49. The van der Waals surface area contributed by atoms with Crippen LogP contribution in [0.25, 0.3) is 11.1 Å².